The van der Waals surface area contributed by atoms with E-state index >= 15 is 0 Å². The van der Waals surface area contributed by atoms with Crippen molar-refractivity contribution in [1.82, 2.24) is 0 Å². The number of alkyl halides is 2. The topological polar surface area (TPSA) is 0 Å². The van der Waals surface area contributed by atoms with Gasteiger partial charge in [-0.05, 0) is 12.8 Å². The summed E-state index contributed by atoms with van der Waals surface area (Å²) in [6.45, 7) is 5.84. The highest BCUT2D eigenvalue weighted by atomic mass is 35.5. The van der Waals surface area contributed by atoms with Crippen LogP contribution in [0.2, 0.25) is 0 Å². The van der Waals surface area contributed by atoms with Gasteiger partial charge in [-0.3, -0.25) is 0 Å². The molecule has 0 aliphatic rings. The molecule has 0 heterocycles. The predicted molar refractivity (Wildman–Crippen MR) is 48.8 cm³/mol. The molecule has 0 rings (SSSR count). The molecule has 0 aromatic heterocycles. The van der Waals surface area contributed by atoms with Gasteiger partial charge in [-0.1, -0.05) is 26.7 Å². The molecule has 0 saturated carbocycles. The second-order valence-electron chi connectivity index (χ2n) is 2.46. The standard InChI is InChI=1S/C8H15Cl2/c1-3-5-7(9)8(10)6-4-2/h7-8H,1,3-6H2,2H3. The average Bonchev–Trinajstić information content (AvgIpc) is 1.89. The Hall–Kier alpha value is 0.580. The molecule has 10 heavy (non-hydrogen) atoms. The van der Waals surface area contributed by atoms with Gasteiger partial charge in [0, 0.05) is 10.8 Å². The van der Waals surface area contributed by atoms with Crippen LogP contribution in [0.1, 0.15) is 32.6 Å². The lowest BCUT2D eigenvalue weighted by Gasteiger charge is -2.13. The molecule has 0 aromatic rings. The minimum absolute atomic E-state index is 0.110. The minimum Gasteiger partial charge on any atom is -0.121 e. The smallest absolute Gasteiger partial charge is 0.0499 e. The first-order chi connectivity index (χ1) is 4.72. The van der Waals surface area contributed by atoms with Crippen LogP contribution in [0.3, 0.4) is 0 Å². The molecule has 1 radical (unpaired) electrons. The average molecular weight is 182 g/mol. The lowest BCUT2D eigenvalue weighted by Crippen LogP contribution is -2.13. The molecule has 0 fully saturated rings. The van der Waals surface area contributed by atoms with Gasteiger partial charge >= 0.3 is 0 Å². The maximum absolute atomic E-state index is 5.95. The van der Waals surface area contributed by atoms with Crippen LogP contribution in [0.5, 0.6) is 0 Å². The van der Waals surface area contributed by atoms with E-state index in [2.05, 4.69) is 13.8 Å². The van der Waals surface area contributed by atoms with E-state index in [-0.39, 0.29) is 10.8 Å². The normalized spacial score (nSPS) is 16.8. The van der Waals surface area contributed by atoms with E-state index in [1.54, 1.807) is 0 Å². The Bertz CT molecular complexity index is 63.7. The van der Waals surface area contributed by atoms with Crippen molar-refractivity contribution in [2.24, 2.45) is 0 Å². The predicted octanol–water partition coefficient (Wildman–Crippen LogP) is 3.62. The maximum atomic E-state index is 5.95. The van der Waals surface area contributed by atoms with E-state index in [4.69, 9.17) is 23.2 Å². The second kappa shape index (κ2) is 6.30. The molecule has 0 bridgehead atoms. The largest absolute Gasteiger partial charge is 0.121 e. The van der Waals surface area contributed by atoms with E-state index in [9.17, 15) is 0 Å². The Kier molecular flexibility index (Phi) is 6.67. The van der Waals surface area contributed by atoms with Gasteiger partial charge in [0.05, 0.1) is 0 Å². The fourth-order valence-electron chi connectivity index (χ4n) is 0.832. The Morgan fingerprint density at radius 3 is 2.10 bits per heavy atom. The lowest BCUT2D eigenvalue weighted by atomic mass is 10.1. The van der Waals surface area contributed by atoms with Crippen molar-refractivity contribution < 1.29 is 0 Å². The fraction of sp³-hybridized carbons (Fsp3) is 0.875. The third-order valence-electron chi connectivity index (χ3n) is 1.44. The molecule has 61 valence electrons. The zero-order valence-electron chi connectivity index (χ0n) is 6.45. The maximum Gasteiger partial charge on any atom is 0.0499 e. The van der Waals surface area contributed by atoms with Gasteiger partial charge in [0.1, 0.15) is 0 Å². The molecule has 2 atom stereocenters. The summed E-state index contributed by atoms with van der Waals surface area (Å²) in [5.74, 6) is 0. The molecule has 0 amide bonds. The Morgan fingerprint density at radius 1 is 1.20 bits per heavy atom. The minimum atomic E-state index is 0.110. The van der Waals surface area contributed by atoms with E-state index in [0.29, 0.717) is 0 Å². The van der Waals surface area contributed by atoms with E-state index in [1.165, 1.54) is 0 Å². The van der Waals surface area contributed by atoms with Crippen LogP contribution in [0.4, 0.5) is 0 Å². The van der Waals surface area contributed by atoms with Crippen molar-refractivity contribution in [3.05, 3.63) is 6.92 Å². The van der Waals surface area contributed by atoms with Gasteiger partial charge < -0.3 is 0 Å². The van der Waals surface area contributed by atoms with Crippen LogP contribution in [0.15, 0.2) is 0 Å². The monoisotopic (exact) mass is 181 g/mol. The van der Waals surface area contributed by atoms with Gasteiger partial charge in [0.2, 0.25) is 0 Å². The van der Waals surface area contributed by atoms with E-state index in [0.717, 1.165) is 25.7 Å². The van der Waals surface area contributed by atoms with Gasteiger partial charge in [0.15, 0.2) is 0 Å². The van der Waals surface area contributed by atoms with E-state index in [1.807, 2.05) is 0 Å². The van der Waals surface area contributed by atoms with Crippen molar-refractivity contribution in [1.29, 1.82) is 0 Å². The third kappa shape index (κ3) is 4.40. The van der Waals surface area contributed by atoms with Crippen LogP contribution in [-0.2, 0) is 0 Å². The molecule has 0 aromatic carbocycles. The highest BCUT2D eigenvalue weighted by Gasteiger charge is 2.13. The molecule has 0 aliphatic heterocycles. The molecule has 0 aliphatic carbocycles. The van der Waals surface area contributed by atoms with Crippen molar-refractivity contribution in [2.45, 2.75) is 43.4 Å². The van der Waals surface area contributed by atoms with Crippen LogP contribution in [-0.4, -0.2) is 10.8 Å². The second-order valence-corrected chi connectivity index (χ2v) is 3.58. The summed E-state index contributed by atoms with van der Waals surface area (Å²) < 4.78 is 0. The first kappa shape index (κ1) is 10.6. The SMILES string of the molecule is [CH2]CCC(Cl)C(Cl)CCC. The zero-order valence-corrected chi connectivity index (χ0v) is 7.96. The van der Waals surface area contributed by atoms with Crippen LogP contribution < -0.4 is 0 Å². The summed E-state index contributed by atoms with van der Waals surface area (Å²) in [5.41, 5.74) is 0. The quantitative estimate of drug-likeness (QED) is 0.569. The van der Waals surface area contributed by atoms with Crippen LogP contribution in [0.25, 0.3) is 0 Å². The molecule has 0 nitrogen and oxygen atoms in total. The van der Waals surface area contributed by atoms with Gasteiger partial charge in [0.25, 0.3) is 0 Å². The highest BCUT2D eigenvalue weighted by molar-refractivity contribution is 6.29. The fourth-order valence-corrected chi connectivity index (χ4v) is 1.46. The van der Waals surface area contributed by atoms with Gasteiger partial charge in [-0.25, -0.2) is 0 Å². The van der Waals surface area contributed by atoms with Crippen molar-refractivity contribution >= 4 is 23.2 Å². The molecule has 0 N–H and O–H groups in total. The molecular weight excluding hydrogens is 167 g/mol. The number of hydrogen-bond donors (Lipinski definition) is 0. The van der Waals surface area contributed by atoms with Gasteiger partial charge in [-0.15, -0.1) is 23.2 Å². The first-order valence-electron chi connectivity index (χ1n) is 3.79. The zero-order chi connectivity index (χ0) is 7.98. The Balaban J connectivity index is 3.38. The summed E-state index contributed by atoms with van der Waals surface area (Å²) in [4.78, 5) is 0. The van der Waals surface area contributed by atoms with Crippen LogP contribution in [0, 0.1) is 6.92 Å². The summed E-state index contributed by atoms with van der Waals surface area (Å²) in [6, 6.07) is 0. The number of rotatable bonds is 5. The van der Waals surface area contributed by atoms with Crippen molar-refractivity contribution in [3.8, 4) is 0 Å². The summed E-state index contributed by atoms with van der Waals surface area (Å²) in [7, 11) is 0. The van der Waals surface area contributed by atoms with Crippen LogP contribution >= 0.6 is 23.2 Å². The summed E-state index contributed by atoms with van der Waals surface area (Å²) >= 11 is 11.9. The molecule has 0 spiro atoms. The van der Waals surface area contributed by atoms with Crippen molar-refractivity contribution in [3.63, 3.8) is 0 Å². The number of halogens is 2. The Morgan fingerprint density at radius 2 is 1.70 bits per heavy atom. The summed E-state index contributed by atoms with van der Waals surface area (Å²) in [6.07, 6.45) is 3.92. The molecule has 2 unspecified atom stereocenters. The highest BCUT2D eigenvalue weighted by Crippen LogP contribution is 2.19. The molecule has 0 saturated heterocycles. The third-order valence-corrected chi connectivity index (χ3v) is 2.61. The number of hydrogen-bond acceptors (Lipinski definition) is 0. The summed E-state index contributed by atoms with van der Waals surface area (Å²) in [5, 5.41) is 0.243. The lowest BCUT2D eigenvalue weighted by molar-refractivity contribution is 0.652. The Labute approximate surface area is 73.9 Å². The van der Waals surface area contributed by atoms with Gasteiger partial charge in [-0.2, -0.15) is 0 Å². The van der Waals surface area contributed by atoms with Crippen molar-refractivity contribution in [2.75, 3.05) is 0 Å². The van der Waals surface area contributed by atoms with E-state index < -0.39 is 0 Å². The molecule has 2 heteroatoms. The molecular formula is C8H15Cl2. The first-order valence-corrected chi connectivity index (χ1v) is 4.67.